The standard InChI is InChI=1S/C15H27NO4/c1-10(7-14(2,3)4)6-12(17)16-11-8-20-9-15(11,5)13(18)19/h10-11H,6-9H2,1-5H3,(H,16,17)(H,18,19). The Morgan fingerprint density at radius 2 is 2.05 bits per heavy atom. The van der Waals surface area contributed by atoms with Crippen LogP contribution in [0.25, 0.3) is 0 Å². The van der Waals surface area contributed by atoms with E-state index in [-0.39, 0.29) is 30.5 Å². The third-order valence-electron chi connectivity index (χ3n) is 3.77. The molecule has 1 amide bonds. The minimum absolute atomic E-state index is 0.0928. The molecule has 0 radical (unpaired) electrons. The zero-order chi connectivity index (χ0) is 15.6. The van der Waals surface area contributed by atoms with Crippen LogP contribution >= 0.6 is 0 Å². The summed E-state index contributed by atoms with van der Waals surface area (Å²) in [6.45, 7) is 10.5. The van der Waals surface area contributed by atoms with E-state index in [4.69, 9.17) is 4.74 Å². The number of aliphatic carboxylic acids is 1. The molecule has 0 aliphatic carbocycles. The van der Waals surface area contributed by atoms with Crippen molar-refractivity contribution in [3.05, 3.63) is 0 Å². The highest BCUT2D eigenvalue weighted by molar-refractivity contribution is 5.80. The van der Waals surface area contributed by atoms with Gasteiger partial charge < -0.3 is 15.2 Å². The van der Waals surface area contributed by atoms with Crippen LogP contribution in [-0.2, 0) is 14.3 Å². The second-order valence-corrected chi connectivity index (χ2v) is 7.43. The van der Waals surface area contributed by atoms with E-state index in [1.807, 2.05) is 6.92 Å². The average Bonchev–Trinajstić information content (AvgIpc) is 2.58. The van der Waals surface area contributed by atoms with E-state index in [9.17, 15) is 14.7 Å². The summed E-state index contributed by atoms with van der Waals surface area (Å²) in [4.78, 5) is 23.3. The maximum Gasteiger partial charge on any atom is 0.313 e. The fourth-order valence-electron chi connectivity index (χ4n) is 2.77. The van der Waals surface area contributed by atoms with Crippen molar-refractivity contribution in [3.63, 3.8) is 0 Å². The minimum Gasteiger partial charge on any atom is -0.481 e. The third-order valence-corrected chi connectivity index (χ3v) is 3.77. The van der Waals surface area contributed by atoms with E-state index in [0.717, 1.165) is 6.42 Å². The number of carboxylic acid groups (broad SMARTS) is 1. The average molecular weight is 285 g/mol. The van der Waals surface area contributed by atoms with Gasteiger partial charge in [-0.1, -0.05) is 27.7 Å². The maximum absolute atomic E-state index is 12.0. The Balaban J connectivity index is 2.52. The van der Waals surface area contributed by atoms with Gasteiger partial charge in [-0.15, -0.1) is 0 Å². The van der Waals surface area contributed by atoms with Crippen LogP contribution in [0.5, 0.6) is 0 Å². The van der Waals surface area contributed by atoms with Crippen LogP contribution in [0.1, 0.15) is 47.5 Å². The van der Waals surface area contributed by atoms with E-state index in [1.54, 1.807) is 6.92 Å². The Hall–Kier alpha value is -1.10. The summed E-state index contributed by atoms with van der Waals surface area (Å²) in [5, 5.41) is 12.1. The molecule has 2 N–H and O–H groups in total. The highest BCUT2D eigenvalue weighted by atomic mass is 16.5. The highest BCUT2D eigenvalue weighted by Crippen LogP contribution is 2.29. The smallest absolute Gasteiger partial charge is 0.313 e. The van der Waals surface area contributed by atoms with Gasteiger partial charge in [0.15, 0.2) is 0 Å². The molecule has 5 heteroatoms. The molecule has 1 rings (SSSR count). The van der Waals surface area contributed by atoms with E-state index in [2.05, 4.69) is 26.1 Å². The van der Waals surface area contributed by atoms with Crippen LogP contribution in [0, 0.1) is 16.7 Å². The number of hydrogen-bond acceptors (Lipinski definition) is 3. The van der Waals surface area contributed by atoms with Crippen molar-refractivity contribution >= 4 is 11.9 Å². The summed E-state index contributed by atoms with van der Waals surface area (Å²) in [6.07, 6.45) is 1.38. The molecular weight excluding hydrogens is 258 g/mol. The summed E-state index contributed by atoms with van der Waals surface area (Å²) in [7, 11) is 0. The van der Waals surface area contributed by atoms with Crippen LogP contribution in [0.3, 0.4) is 0 Å². The van der Waals surface area contributed by atoms with Gasteiger partial charge in [0.1, 0.15) is 5.41 Å². The van der Waals surface area contributed by atoms with Crippen molar-refractivity contribution < 1.29 is 19.4 Å². The van der Waals surface area contributed by atoms with Gasteiger partial charge in [0.2, 0.25) is 5.91 Å². The number of carboxylic acids is 1. The number of amides is 1. The molecule has 3 unspecified atom stereocenters. The van der Waals surface area contributed by atoms with Gasteiger partial charge in [0.05, 0.1) is 19.3 Å². The molecule has 5 nitrogen and oxygen atoms in total. The first kappa shape index (κ1) is 17.0. The SMILES string of the molecule is CC(CC(=O)NC1COCC1(C)C(=O)O)CC(C)(C)C. The first-order valence-electron chi connectivity index (χ1n) is 7.15. The predicted octanol–water partition coefficient (Wildman–Crippen LogP) is 2.05. The lowest BCUT2D eigenvalue weighted by Gasteiger charge is -2.27. The summed E-state index contributed by atoms with van der Waals surface area (Å²) < 4.78 is 5.22. The molecule has 1 aliphatic rings. The molecular formula is C15H27NO4. The second kappa shape index (κ2) is 6.12. The van der Waals surface area contributed by atoms with E-state index in [1.165, 1.54) is 0 Å². The summed E-state index contributed by atoms with van der Waals surface area (Å²) in [5.74, 6) is -0.749. The van der Waals surface area contributed by atoms with Crippen molar-refractivity contribution in [2.75, 3.05) is 13.2 Å². The Kier molecular flexibility index (Phi) is 5.19. The Bertz CT molecular complexity index is 375. The molecule has 1 saturated heterocycles. The summed E-state index contributed by atoms with van der Waals surface area (Å²) in [5.41, 5.74) is -0.839. The normalized spacial score (nSPS) is 28.1. The van der Waals surface area contributed by atoms with Crippen LogP contribution in [0.2, 0.25) is 0 Å². The van der Waals surface area contributed by atoms with Gasteiger partial charge in [0, 0.05) is 6.42 Å². The lowest BCUT2D eigenvalue weighted by Crippen LogP contribution is -2.49. The van der Waals surface area contributed by atoms with Crippen LogP contribution in [0.15, 0.2) is 0 Å². The summed E-state index contributed by atoms with van der Waals surface area (Å²) >= 11 is 0. The first-order valence-corrected chi connectivity index (χ1v) is 7.15. The number of ether oxygens (including phenoxy) is 1. The molecule has 20 heavy (non-hydrogen) atoms. The number of carbonyl (C=O) groups is 2. The van der Waals surface area contributed by atoms with Crippen molar-refractivity contribution in [2.45, 2.75) is 53.5 Å². The van der Waals surface area contributed by atoms with Crippen LogP contribution in [-0.4, -0.2) is 36.2 Å². The largest absolute Gasteiger partial charge is 0.481 e. The maximum atomic E-state index is 12.0. The third kappa shape index (κ3) is 4.47. The molecule has 0 aromatic rings. The first-order chi connectivity index (χ1) is 9.04. The Labute approximate surface area is 121 Å². The zero-order valence-electron chi connectivity index (χ0n) is 13.2. The molecule has 3 atom stereocenters. The lowest BCUT2D eigenvalue weighted by molar-refractivity contribution is -0.149. The topological polar surface area (TPSA) is 75.6 Å². The van der Waals surface area contributed by atoms with Crippen molar-refractivity contribution in [3.8, 4) is 0 Å². The van der Waals surface area contributed by atoms with E-state index >= 15 is 0 Å². The molecule has 0 aromatic heterocycles. The number of hydrogen-bond donors (Lipinski definition) is 2. The fraction of sp³-hybridized carbons (Fsp3) is 0.867. The number of carbonyl (C=O) groups excluding carboxylic acids is 1. The van der Waals surface area contributed by atoms with E-state index < -0.39 is 17.4 Å². The van der Waals surface area contributed by atoms with Crippen LogP contribution < -0.4 is 5.32 Å². The number of rotatable bonds is 5. The molecule has 1 fully saturated rings. The van der Waals surface area contributed by atoms with E-state index in [0.29, 0.717) is 6.42 Å². The van der Waals surface area contributed by atoms with Crippen molar-refractivity contribution in [1.82, 2.24) is 5.32 Å². The molecule has 1 aliphatic heterocycles. The van der Waals surface area contributed by atoms with Gasteiger partial charge in [0.25, 0.3) is 0 Å². The molecule has 0 bridgehead atoms. The van der Waals surface area contributed by atoms with Crippen molar-refractivity contribution in [1.29, 1.82) is 0 Å². The second-order valence-electron chi connectivity index (χ2n) is 7.43. The molecule has 0 saturated carbocycles. The number of nitrogens with one attached hydrogen (secondary N) is 1. The van der Waals surface area contributed by atoms with Gasteiger partial charge in [-0.25, -0.2) is 0 Å². The zero-order valence-corrected chi connectivity index (χ0v) is 13.2. The van der Waals surface area contributed by atoms with Gasteiger partial charge in [-0.2, -0.15) is 0 Å². The molecule has 0 spiro atoms. The van der Waals surface area contributed by atoms with Crippen molar-refractivity contribution in [2.24, 2.45) is 16.7 Å². The monoisotopic (exact) mass is 285 g/mol. The quantitative estimate of drug-likeness (QED) is 0.810. The summed E-state index contributed by atoms with van der Waals surface area (Å²) in [6, 6.07) is -0.450. The molecule has 116 valence electrons. The van der Waals surface area contributed by atoms with Crippen LogP contribution in [0.4, 0.5) is 0 Å². The fourth-order valence-corrected chi connectivity index (χ4v) is 2.77. The lowest BCUT2D eigenvalue weighted by atomic mass is 9.83. The molecule has 0 aromatic carbocycles. The van der Waals surface area contributed by atoms with Gasteiger partial charge >= 0.3 is 5.97 Å². The molecule has 1 heterocycles. The predicted molar refractivity (Wildman–Crippen MR) is 76.3 cm³/mol. The Morgan fingerprint density at radius 1 is 1.45 bits per heavy atom. The van der Waals surface area contributed by atoms with Gasteiger partial charge in [-0.05, 0) is 24.7 Å². The minimum atomic E-state index is -1.02. The Morgan fingerprint density at radius 3 is 2.55 bits per heavy atom. The van der Waals surface area contributed by atoms with Gasteiger partial charge in [-0.3, -0.25) is 9.59 Å². The highest BCUT2D eigenvalue weighted by Gasteiger charge is 2.47.